The Labute approximate surface area is 401 Å². The third-order valence-electron chi connectivity index (χ3n) is 12.8. The largest absolute Gasteiger partial charge is 0.493 e. The van der Waals surface area contributed by atoms with E-state index in [1.807, 2.05) is 100 Å². The van der Waals surface area contributed by atoms with Crippen LogP contribution in [0.15, 0.2) is 83.9 Å². The van der Waals surface area contributed by atoms with Gasteiger partial charge in [0.05, 0.1) is 41.4 Å². The summed E-state index contributed by atoms with van der Waals surface area (Å²) in [5.41, 5.74) is 6.47. The van der Waals surface area contributed by atoms with E-state index in [1.54, 1.807) is 16.8 Å². The minimum atomic E-state index is -1.58. The van der Waals surface area contributed by atoms with Crippen LogP contribution in [-0.2, 0) is 32.1 Å². The molecule has 68 heavy (non-hydrogen) atoms. The van der Waals surface area contributed by atoms with Gasteiger partial charge in [0, 0.05) is 49.8 Å². The average Bonchev–Trinajstić information content (AvgIpc) is 4.00. The summed E-state index contributed by atoms with van der Waals surface area (Å²) in [4.78, 5) is 49.1. The van der Waals surface area contributed by atoms with Crippen LogP contribution in [0.5, 0.6) is 5.75 Å². The lowest BCUT2D eigenvalue weighted by molar-refractivity contribution is -0.144. The van der Waals surface area contributed by atoms with E-state index < -0.39 is 58.8 Å². The normalized spacial score (nSPS) is 20.1. The molecule has 3 N–H and O–H groups in total. The van der Waals surface area contributed by atoms with E-state index in [9.17, 15) is 19.5 Å². The number of aryl methyl sites for hydroxylation is 1. The summed E-state index contributed by atoms with van der Waals surface area (Å²) in [6.45, 7) is 12.7. The van der Waals surface area contributed by atoms with Crippen LogP contribution in [0, 0.1) is 24.0 Å². The Morgan fingerprint density at radius 1 is 1.00 bits per heavy atom. The summed E-state index contributed by atoms with van der Waals surface area (Å²) in [6.07, 6.45) is 5.02. The lowest BCUT2D eigenvalue weighted by Crippen LogP contribution is -2.58. The van der Waals surface area contributed by atoms with Crippen molar-refractivity contribution in [3.8, 4) is 16.2 Å². The number of thiazole rings is 1. The summed E-state index contributed by atoms with van der Waals surface area (Å²) >= 11 is 1.56. The minimum Gasteiger partial charge on any atom is -0.493 e. The molecule has 0 unspecified atom stereocenters. The SMILES string of the molecule is Cc1ncsc1-c1ccc(CNC(=O)[C@@H]2C[C@@H](O)CN2C(=O)[C@@H](NC(=O)COCC/C=C/CCOc2cc(F)c([C@@H]3C4=C(C[C@@H](C)N3CC(C)(C)F)c3ccccc3C4)c(F)c2)C(C)(C)C)cc1. The van der Waals surface area contributed by atoms with Crippen LogP contribution in [0.2, 0.25) is 0 Å². The highest BCUT2D eigenvalue weighted by Crippen LogP contribution is 2.50. The Morgan fingerprint density at radius 3 is 2.35 bits per heavy atom. The van der Waals surface area contributed by atoms with Crippen molar-refractivity contribution in [2.24, 2.45) is 5.41 Å². The number of likely N-dealkylation sites (tertiary alicyclic amines) is 1. The van der Waals surface area contributed by atoms with Crippen LogP contribution in [0.25, 0.3) is 16.0 Å². The first kappa shape index (κ1) is 50.5. The molecule has 1 aromatic heterocycles. The molecule has 1 aliphatic carbocycles. The van der Waals surface area contributed by atoms with E-state index in [4.69, 9.17) is 9.47 Å². The van der Waals surface area contributed by atoms with E-state index in [1.165, 1.54) is 30.9 Å². The maximum Gasteiger partial charge on any atom is 0.246 e. The maximum absolute atomic E-state index is 16.1. The second-order valence-electron chi connectivity index (χ2n) is 19.9. The molecule has 0 spiro atoms. The molecule has 15 heteroatoms. The Morgan fingerprint density at radius 2 is 1.69 bits per heavy atom. The number of amides is 3. The van der Waals surface area contributed by atoms with Crippen molar-refractivity contribution in [1.82, 2.24) is 25.4 Å². The van der Waals surface area contributed by atoms with Gasteiger partial charge in [-0.15, -0.1) is 11.3 Å². The number of hydrogen-bond donors (Lipinski definition) is 3. The molecule has 364 valence electrons. The number of benzene rings is 3. The number of aromatic nitrogens is 1. The molecule has 5 atom stereocenters. The second kappa shape index (κ2) is 21.5. The van der Waals surface area contributed by atoms with Gasteiger partial charge in [0.15, 0.2) is 0 Å². The summed E-state index contributed by atoms with van der Waals surface area (Å²) in [5.74, 6) is -2.77. The first-order valence-electron chi connectivity index (χ1n) is 23.4. The van der Waals surface area contributed by atoms with E-state index in [0.717, 1.165) is 44.0 Å². The number of β-amino-alcohol motifs (C(OH)–C–C–N with tert-alkyl or cyclic N) is 1. The number of ether oxygens (including phenoxy) is 2. The zero-order chi connectivity index (χ0) is 48.9. The smallest absolute Gasteiger partial charge is 0.246 e. The molecule has 1 fully saturated rings. The molecule has 0 bridgehead atoms. The molecular weight excluding hydrogens is 892 g/mol. The molecule has 3 heterocycles. The van der Waals surface area contributed by atoms with Crippen molar-refractivity contribution in [2.75, 3.05) is 32.9 Å². The fourth-order valence-corrected chi connectivity index (χ4v) is 10.3. The highest BCUT2D eigenvalue weighted by atomic mass is 32.1. The van der Waals surface area contributed by atoms with Crippen LogP contribution < -0.4 is 15.4 Å². The zero-order valence-electron chi connectivity index (χ0n) is 40.0. The highest BCUT2D eigenvalue weighted by molar-refractivity contribution is 7.13. The third kappa shape index (κ3) is 12.1. The number of rotatable bonds is 18. The molecule has 3 aromatic carbocycles. The molecular formula is C53H64F3N5O6S. The van der Waals surface area contributed by atoms with Gasteiger partial charge in [0.2, 0.25) is 17.7 Å². The number of nitrogens with one attached hydrogen (secondary N) is 2. The van der Waals surface area contributed by atoms with Crippen molar-refractivity contribution in [1.29, 1.82) is 0 Å². The zero-order valence-corrected chi connectivity index (χ0v) is 40.9. The summed E-state index contributed by atoms with van der Waals surface area (Å²) in [7, 11) is 0. The molecule has 3 aliphatic rings. The monoisotopic (exact) mass is 955 g/mol. The van der Waals surface area contributed by atoms with Gasteiger partial charge < -0.3 is 30.1 Å². The third-order valence-corrected chi connectivity index (χ3v) is 13.8. The van der Waals surface area contributed by atoms with Gasteiger partial charge in [-0.3, -0.25) is 19.3 Å². The second-order valence-corrected chi connectivity index (χ2v) is 20.7. The number of aliphatic hydroxyl groups is 1. The molecule has 0 radical (unpaired) electrons. The Balaban J connectivity index is 0.858. The van der Waals surface area contributed by atoms with Crippen LogP contribution in [0.4, 0.5) is 13.2 Å². The number of hydrogen-bond acceptors (Lipinski definition) is 9. The summed E-state index contributed by atoms with van der Waals surface area (Å²) in [5, 5.41) is 16.3. The van der Waals surface area contributed by atoms with E-state index >= 15 is 13.2 Å². The van der Waals surface area contributed by atoms with Crippen molar-refractivity contribution < 1.29 is 42.1 Å². The number of alkyl halides is 1. The first-order valence-corrected chi connectivity index (χ1v) is 24.3. The number of halogens is 3. The summed E-state index contributed by atoms with van der Waals surface area (Å²) in [6, 6.07) is 15.4. The van der Waals surface area contributed by atoms with Gasteiger partial charge in [-0.1, -0.05) is 81.5 Å². The fraction of sp³-hybridized carbons (Fsp3) is 0.472. The first-order chi connectivity index (χ1) is 32.3. The van der Waals surface area contributed by atoms with Crippen molar-refractivity contribution in [3.63, 3.8) is 0 Å². The number of fused-ring (bicyclic) bond motifs is 2. The lowest BCUT2D eigenvalue weighted by atomic mass is 9.84. The van der Waals surface area contributed by atoms with Gasteiger partial charge >= 0.3 is 0 Å². The predicted octanol–water partition coefficient (Wildman–Crippen LogP) is 8.83. The van der Waals surface area contributed by atoms with Gasteiger partial charge in [-0.2, -0.15) is 0 Å². The molecule has 7 rings (SSSR count). The van der Waals surface area contributed by atoms with E-state index in [0.29, 0.717) is 25.7 Å². The molecule has 11 nitrogen and oxygen atoms in total. The topological polar surface area (TPSA) is 133 Å². The predicted molar refractivity (Wildman–Crippen MR) is 258 cm³/mol. The summed E-state index contributed by atoms with van der Waals surface area (Å²) < 4.78 is 58.7. The van der Waals surface area contributed by atoms with Crippen LogP contribution >= 0.6 is 11.3 Å². The van der Waals surface area contributed by atoms with Crippen molar-refractivity contribution >= 4 is 34.6 Å². The van der Waals surface area contributed by atoms with Crippen LogP contribution in [0.3, 0.4) is 0 Å². The molecule has 3 amide bonds. The molecule has 1 saturated heterocycles. The fourth-order valence-electron chi connectivity index (χ4n) is 9.53. The van der Waals surface area contributed by atoms with E-state index in [2.05, 4.69) is 15.6 Å². The van der Waals surface area contributed by atoms with Crippen molar-refractivity contribution in [3.05, 3.63) is 123 Å². The highest BCUT2D eigenvalue weighted by Gasteiger charge is 2.45. The Kier molecular flexibility index (Phi) is 16.0. The van der Waals surface area contributed by atoms with E-state index in [-0.39, 0.29) is 69.1 Å². The van der Waals surface area contributed by atoms with Gasteiger partial charge in [-0.25, -0.2) is 18.2 Å². The molecule has 2 aliphatic heterocycles. The molecule has 4 aromatic rings. The number of carbonyl (C=O) groups excluding carboxylic acids is 3. The minimum absolute atomic E-state index is 0.0218. The number of nitrogens with zero attached hydrogens (tertiary/aromatic N) is 3. The van der Waals surface area contributed by atoms with Gasteiger partial charge in [0.25, 0.3) is 0 Å². The lowest BCUT2D eigenvalue weighted by Gasteiger charge is -2.44. The Bertz CT molecular complexity index is 2490. The molecule has 0 saturated carbocycles. The maximum atomic E-state index is 16.1. The van der Waals surface area contributed by atoms with Crippen molar-refractivity contribution in [2.45, 2.75) is 123 Å². The van der Waals surface area contributed by atoms with Crippen LogP contribution in [0.1, 0.15) is 101 Å². The number of carbonyl (C=O) groups is 3. The standard InChI is InChI=1S/C53H64F3N5O6S/c1-32-22-40-39-15-11-10-14-36(39)23-41(40)47(61(32)30-53(6,7)56)46-42(54)25-38(26-43(46)55)67-21-13-9-8-12-20-66-29-45(63)59-49(52(3,4)5)51(65)60-28-37(62)24-44(60)50(64)57-27-34-16-18-35(19-17-34)48-33(2)58-31-68-48/h8-11,14-19,25-26,31-32,37,44,47,49,62H,12-13,20-24,27-30H2,1-7H3,(H,57,64)(H,59,63)/b9-8+/t32-,37-,44+,47+,49-/m1/s1. The van der Waals surface area contributed by atoms with Crippen LogP contribution in [-0.4, -0.2) is 100 Å². The van der Waals surface area contributed by atoms with Gasteiger partial charge in [-0.05, 0) is 92.2 Å². The number of aliphatic hydroxyl groups excluding tert-OH is 1. The quantitative estimate of drug-likeness (QED) is 0.0666. The average molecular weight is 956 g/mol. The Hall–Kier alpha value is -5.35. The van der Waals surface area contributed by atoms with Gasteiger partial charge in [0.1, 0.15) is 41.7 Å².